The summed E-state index contributed by atoms with van der Waals surface area (Å²) in [5, 5.41) is 0. The lowest BCUT2D eigenvalue weighted by molar-refractivity contribution is -0.128. The van der Waals surface area contributed by atoms with Gasteiger partial charge >= 0.3 is 5.97 Å². The van der Waals surface area contributed by atoms with Gasteiger partial charge in [0.2, 0.25) is 0 Å². The Morgan fingerprint density at radius 1 is 0.838 bits per heavy atom. The molecular weight excluding hydrogens is 472 g/mol. The molecule has 0 saturated carbocycles. The first kappa shape index (κ1) is 25.7. The van der Waals surface area contributed by atoms with Crippen molar-refractivity contribution < 1.29 is 33.3 Å². The molecule has 7 nitrogen and oxygen atoms in total. The van der Waals surface area contributed by atoms with E-state index in [-0.39, 0.29) is 18.3 Å². The van der Waals surface area contributed by atoms with Crippen LogP contribution in [0.25, 0.3) is 12.2 Å². The van der Waals surface area contributed by atoms with Gasteiger partial charge in [-0.3, -0.25) is 4.79 Å². The van der Waals surface area contributed by atoms with E-state index in [0.717, 1.165) is 22.6 Å². The Balaban J connectivity index is 1.40. The second-order valence-electron chi connectivity index (χ2n) is 8.31. The average Bonchev–Trinajstić information content (AvgIpc) is 3.76. The zero-order valence-electron chi connectivity index (χ0n) is 20.7. The van der Waals surface area contributed by atoms with E-state index in [1.54, 1.807) is 44.6 Å². The van der Waals surface area contributed by atoms with Crippen LogP contribution in [0.1, 0.15) is 16.7 Å². The number of allylic oxidation sites excluding steroid dienone is 1. The topological polar surface area (TPSA) is 83.6 Å². The maximum absolute atomic E-state index is 12.6. The van der Waals surface area contributed by atoms with Gasteiger partial charge in [0.25, 0.3) is 0 Å². The van der Waals surface area contributed by atoms with E-state index in [9.17, 15) is 9.59 Å². The summed E-state index contributed by atoms with van der Waals surface area (Å²) in [5.41, 5.74) is 2.42. The molecule has 1 heterocycles. The Kier molecular flexibility index (Phi) is 8.73. The van der Waals surface area contributed by atoms with Gasteiger partial charge in [-0.2, -0.15) is 0 Å². The summed E-state index contributed by atoms with van der Waals surface area (Å²) in [6.07, 6.45) is 6.48. The van der Waals surface area contributed by atoms with Crippen LogP contribution in [0.2, 0.25) is 0 Å². The Morgan fingerprint density at radius 2 is 1.41 bits per heavy atom. The summed E-state index contributed by atoms with van der Waals surface area (Å²) in [7, 11) is 3.20. The number of ether oxygens (including phenoxy) is 5. The number of carbonyl (C=O) groups is 2. The Hall–Kier alpha value is -4.36. The Morgan fingerprint density at radius 3 is 1.97 bits per heavy atom. The highest BCUT2D eigenvalue weighted by Gasteiger charge is 2.24. The number of hydrogen-bond acceptors (Lipinski definition) is 7. The number of methoxy groups -OCH3 is 2. The first-order valence-electron chi connectivity index (χ1n) is 11.8. The van der Waals surface area contributed by atoms with Crippen LogP contribution in [0.4, 0.5) is 0 Å². The van der Waals surface area contributed by atoms with Crippen molar-refractivity contribution in [2.24, 2.45) is 0 Å². The van der Waals surface area contributed by atoms with Crippen LogP contribution in [0.3, 0.4) is 0 Å². The summed E-state index contributed by atoms with van der Waals surface area (Å²) in [5.74, 6) is 1.67. The third kappa shape index (κ3) is 8.08. The number of esters is 1. The number of hydrogen-bond donors (Lipinski definition) is 0. The fourth-order valence-corrected chi connectivity index (χ4v) is 3.41. The molecule has 0 bridgehead atoms. The lowest BCUT2D eigenvalue weighted by Gasteiger charge is -2.12. The first-order chi connectivity index (χ1) is 18.0. The van der Waals surface area contributed by atoms with Crippen molar-refractivity contribution in [3.63, 3.8) is 0 Å². The van der Waals surface area contributed by atoms with E-state index < -0.39 is 5.97 Å². The van der Waals surface area contributed by atoms with Crippen molar-refractivity contribution >= 4 is 23.9 Å². The second-order valence-corrected chi connectivity index (χ2v) is 8.31. The normalized spacial score (nSPS) is 14.5. The minimum Gasteiger partial charge on any atom is -0.497 e. The fourth-order valence-electron chi connectivity index (χ4n) is 3.41. The molecule has 1 unspecified atom stereocenters. The van der Waals surface area contributed by atoms with E-state index in [1.807, 2.05) is 48.5 Å². The van der Waals surface area contributed by atoms with Gasteiger partial charge in [0.1, 0.15) is 35.7 Å². The molecule has 0 aliphatic carbocycles. The first-order valence-corrected chi connectivity index (χ1v) is 11.8. The molecule has 37 heavy (non-hydrogen) atoms. The highest BCUT2D eigenvalue weighted by molar-refractivity contribution is 5.95. The van der Waals surface area contributed by atoms with E-state index >= 15 is 0 Å². The van der Waals surface area contributed by atoms with E-state index in [4.69, 9.17) is 23.7 Å². The van der Waals surface area contributed by atoms with Crippen LogP contribution < -0.4 is 18.9 Å². The monoisotopic (exact) mass is 500 g/mol. The number of ketones is 1. The van der Waals surface area contributed by atoms with Crippen LogP contribution in [0, 0.1) is 0 Å². The molecule has 3 aromatic carbocycles. The smallest absolute Gasteiger partial charge is 0.336 e. The van der Waals surface area contributed by atoms with E-state index in [2.05, 4.69) is 0 Å². The minimum atomic E-state index is -0.529. The summed E-state index contributed by atoms with van der Waals surface area (Å²) < 4.78 is 26.9. The van der Waals surface area contributed by atoms with Crippen molar-refractivity contribution in [2.75, 3.05) is 27.4 Å². The van der Waals surface area contributed by atoms with Crippen molar-refractivity contribution in [1.82, 2.24) is 0 Å². The van der Waals surface area contributed by atoms with Gasteiger partial charge < -0.3 is 23.7 Å². The largest absolute Gasteiger partial charge is 0.497 e. The maximum Gasteiger partial charge on any atom is 0.336 e. The molecule has 1 aliphatic heterocycles. The van der Waals surface area contributed by atoms with Crippen molar-refractivity contribution in [1.29, 1.82) is 0 Å². The lowest BCUT2D eigenvalue weighted by atomic mass is 10.1. The van der Waals surface area contributed by atoms with Gasteiger partial charge in [0.05, 0.1) is 20.8 Å². The van der Waals surface area contributed by atoms with Crippen LogP contribution >= 0.6 is 0 Å². The van der Waals surface area contributed by atoms with Crippen LogP contribution in [0.15, 0.2) is 78.9 Å². The summed E-state index contributed by atoms with van der Waals surface area (Å²) in [6, 6.07) is 19.7. The van der Waals surface area contributed by atoms with Crippen LogP contribution in [-0.4, -0.2) is 45.3 Å². The SMILES string of the molecule is COc1ccc(/C=C/C(=O)Cc2ccc(OC(=O)/C=C/c3ccc(OC)cc3)cc2OCC2CO2)cc1. The second kappa shape index (κ2) is 12.6. The molecule has 0 radical (unpaired) electrons. The number of carbonyl (C=O) groups excluding carboxylic acids is 2. The third-order valence-electron chi connectivity index (χ3n) is 5.55. The average molecular weight is 501 g/mol. The molecule has 1 atom stereocenters. The molecule has 0 aromatic heterocycles. The van der Waals surface area contributed by atoms with Crippen molar-refractivity contribution in [3.05, 3.63) is 95.6 Å². The maximum atomic E-state index is 12.6. The van der Waals surface area contributed by atoms with Gasteiger partial charge in [0, 0.05) is 24.1 Å². The number of epoxide rings is 1. The van der Waals surface area contributed by atoms with Gasteiger partial charge in [-0.1, -0.05) is 36.4 Å². The van der Waals surface area contributed by atoms with Gasteiger partial charge in [0.15, 0.2) is 5.78 Å². The summed E-state index contributed by atoms with van der Waals surface area (Å²) in [4.78, 5) is 25.0. The number of rotatable bonds is 12. The summed E-state index contributed by atoms with van der Waals surface area (Å²) >= 11 is 0. The van der Waals surface area contributed by atoms with Crippen LogP contribution in [0.5, 0.6) is 23.0 Å². The van der Waals surface area contributed by atoms with Gasteiger partial charge in [-0.05, 0) is 53.6 Å². The predicted octanol–water partition coefficient (Wildman–Crippen LogP) is 4.93. The van der Waals surface area contributed by atoms with E-state index in [0.29, 0.717) is 30.3 Å². The standard InChI is InChI=1S/C30H28O7/c1-33-25-11-4-21(5-12-25)3-10-24(31)17-23-9-15-27(18-29(23)36-20-28-19-35-28)37-30(32)16-8-22-6-13-26(34-2)14-7-22/h3-16,18,28H,17,19-20H2,1-2H3/b10-3+,16-8+. The van der Waals surface area contributed by atoms with Gasteiger partial charge in [-0.25, -0.2) is 4.79 Å². The van der Waals surface area contributed by atoms with Crippen molar-refractivity contribution in [3.8, 4) is 23.0 Å². The zero-order valence-corrected chi connectivity index (χ0v) is 20.7. The lowest BCUT2D eigenvalue weighted by Crippen LogP contribution is -2.09. The molecule has 4 rings (SSSR count). The third-order valence-corrected chi connectivity index (χ3v) is 5.55. The molecule has 190 valence electrons. The highest BCUT2D eigenvalue weighted by atomic mass is 16.6. The van der Waals surface area contributed by atoms with E-state index in [1.165, 1.54) is 12.2 Å². The molecule has 1 saturated heterocycles. The number of benzene rings is 3. The quantitative estimate of drug-likeness (QED) is 0.151. The fraction of sp³-hybridized carbons (Fsp3) is 0.200. The Labute approximate surface area is 215 Å². The molecule has 1 aliphatic rings. The predicted molar refractivity (Wildman–Crippen MR) is 140 cm³/mol. The van der Waals surface area contributed by atoms with Crippen LogP contribution in [-0.2, 0) is 20.7 Å². The zero-order chi connectivity index (χ0) is 26.0. The molecule has 3 aromatic rings. The molecule has 0 N–H and O–H groups in total. The molecule has 7 heteroatoms. The molecule has 0 spiro atoms. The molecule has 0 amide bonds. The molecular formula is C30H28O7. The minimum absolute atomic E-state index is 0.0390. The van der Waals surface area contributed by atoms with Gasteiger partial charge in [-0.15, -0.1) is 0 Å². The highest BCUT2D eigenvalue weighted by Crippen LogP contribution is 2.27. The van der Waals surface area contributed by atoms with Crippen molar-refractivity contribution in [2.45, 2.75) is 12.5 Å². The molecule has 1 fully saturated rings. The summed E-state index contributed by atoms with van der Waals surface area (Å²) in [6.45, 7) is 1.00. The Bertz CT molecular complexity index is 1270.